The van der Waals surface area contributed by atoms with Gasteiger partial charge in [0.25, 0.3) is 0 Å². The topological polar surface area (TPSA) is 6.48 Å². The number of benzene rings is 8. The average Bonchev–Trinajstić information content (AvgIpc) is 3.29. The molecule has 0 amide bonds. The highest BCUT2D eigenvalue weighted by Crippen LogP contribution is 2.39. The van der Waals surface area contributed by atoms with E-state index in [0.29, 0.717) is 5.92 Å². The molecule has 0 heterocycles. The minimum Gasteiger partial charge on any atom is -0.311 e. The van der Waals surface area contributed by atoms with Crippen LogP contribution in [0, 0.1) is 0 Å². The summed E-state index contributed by atoms with van der Waals surface area (Å²) in [6, 6.07) is 78.4. The van der Waals surface area contributed by atoms with Gasteiger partial charge >= 0.3 is 0 Å². The average molecular weight is 733 g/mol. The van der Waals surface area contributed by atoms with E-state index in [1.165, 1.54) is 44.6 Å². The van der Waals surface area contributed by atoms with Crippen molar-refractivity contribution in [3.8, 4) is 22.3 Å². The van der Waals surface area contributed by atoms with Gasteiger partial charge in [-0.15, -0.1) is 0 Å². The number of rotatable bonds is 11. The normalized spacial score (nSPS) is 13.5. The van der Waals surface area contributed by atoms with Crippen LogP contribution >= 0.6 is 0 Å². The van der Waals surface area contributed by atoms with Gasteiger partial charge in [0.15, 0.2) is 0 Å². The lowest BCUT2D eigenvalue weighted by Gasteiger charge is -2.29. The highest BCUT2D eigenvalue weighted by molar-refractivity contribution is 5.79. The lowest BCUT2D eigenvalue weighted by Crippen LogP contribution is -2.17. The Morgan fingerprint density at radius 3 is 1.25 bits per heavy atom. The Kier molecular flexibility index (Phi) is 10.4. The molecule has 1 aliphatic carbocycles. The number of allylic oxidation sites excluding steroid dienone is 3. The van der Waals surface area contributed by atoms with Crippen LogP contribution in [0.5, 0.6) is 0 Å². The zero-order valence-corrected chi connectivity index (χ0v) is 31.9. The predicted octanol–water partition coefficient (Wildman–Crippen LogP) is 14.8. The largest absolute Gasteiger partial charge is 0.311 e. The zero-order chi connectivity index (χ0) is 38.2. The molecule has 0 spiro atoms. The maximum atomic E-state index is 2.38. The van der Waals surface area contributed by atoms with Gasteiger partial charge in [-0.05, 0) is 119 Å². The van der Waals surface area contributed by atoms with Crippen molar-refractivity contribution in [3.05, 3.63) is 259 Å². The molecule has 0 aromatic heterocycles. The first-order chi connectivity index (χ1) is 28.2. The summed E-state index contributed by atoms with van der Waals surface area (Å²) in [6.07, 6.45) is 8.89. The van der Waals surface area contributed by atoms with E-state index in [1.807, 2.05) is 0 Å². The van der Waals surface area contributed by atoms with Gasteiger partial charge < -0.3 is 9.80 Å². The lowest BCUT2D eigenvalue weighted by molar-refractivity contribution is 0.840. The Labute approximate surface area is 337 Å². The van der Waals surface area contributed by atoms with Crippen LogP contribution < -0.4 is 9.80 Å². The number of anilines is 5. The molecule has 2 nitrogen and oxygen atoms in total. The molecule has 1 aliphatic rings. The zero-order valence-electron chi connectivity index (χ0n) is 31.9. The molecule has 8 aromatic rings. The maximum absolute atomic E-state index is 2.38. The smallest absolute Gasteiger partial charge is 0.0462 e. The second kappa shape index (κ2) is 16.7. The van der Waals surface area contributed by atoms with Crippen LogP contribution in [0.4, 0.5) is 28.4 Å². The van der Waals surface area contributed by atoms with Crippen LogP contribution in [0.3, 0.4) is 0 Å². The van der Waals surface area contributed by atoms with E-state index in [0.717, 1.165) is 41.3 Å². The third-order valence-corrected chi connectivity index (χ3v) is 10.8. The van der Waals surface area contributed by atoms with Crippen LogP contribution in [-0.4, -0.2) is 0 Å². The molecule has 57 heavy (non-hydrogen) atoms. The molecule has 9 rings (SSSR count). The first-order valence-corrected chi connectivity index (χ1v) is 19.8. The molecule has 0 saturated carbocycles. The fourth-order valence-corrected chi connectivity index (χ4v) is 7.82. The molecule has 2 heteroatoms. The van der Waals surface area contributed by atoms with Crippen LogP contribution in [-0.2, 0) is 6.42 Å². The van der Waals surface area contributed by atoms with Crippen molar-refractivity contribution >= 4 is 28.4 Å². The van der Waals surface area contributed by atoms with Crippen molar-refractivity contribution in [2.75, 3.05) is 9.80 Å². The van der Waals surface area contributed by atoms with Gasteiger partial charge in [-0.3, -0.25) is 0 Å². The molecule has 1 unspecified atom stereocenters. The van der Waals surface area contributed by atoms with Gasteiger partial charge in [0, 0.05) is 40.1 Å². The van der Waals surface area contributed by atoms with E-state index in [9.17, 15) is 0 Å². The lowest BCUT2D eigenvalue weighted by atomic mass is 9.91. The summed E-state index contributed by atoms with van der Waals surface area (Å²) in [4.78, 5) is 4.70. The molecule has 0 bridgehead atoms. The Morgan fingerprint density at radius 2 is 0.737 bits per heavy atom. The highest BCUT2D eigenvalue weighted by Gasteiger charge is 2.19. The molecule has 0 saturated heterocycles. The van der Waals surface area contributed by atoms with Gasteiger partial charge in [0.2, 0.25) is 0 Å². The van der Waals surface area contributed by atoms with Crippen LogP contribution in [0.25, 0.3) is 22.3 Å². The number of para-hydroxylation sites is 2. The van der Waals surface area contributed by atoms with E-state index < -0.39 is 0 Å². The second-order valence-corrected chi connectivity index (χ2v) is 14.6. The van der Waals surface area contributed by atoms with Crippen molar-refractivity contribution in [2.24, 2.45) is 0 Å². The van der Waals surface area contributed by atoms with E-state index in [2.05, 4.69) is 246 Å². The van der Waals surface area contributed by atoms with Gasteiger partial charge in [-0.25, -0.2) is 0 Å². The molecule has 1 atom stereocenters. The predicted molar refractivity (Wildman–Crippen MR) is 241 cm³/mol. The SMILES string of the molecule is C1=CC(c2ccc(N(c3ccccc3)c3ccc(-c4ccc(Cc5ccccc5)cc4)cc3)cc2)CC=C1N(c1ccccc1)c1ccc(-c2ccccc2)cc1. The van der Waals surface area contributed by atoms with Crippen molar-refractivity contribution in [2.45, 2.75) is 18.8 Å². The van der Waals surface area contributed by atoms with E-state index in [4.69, 9.17) is 0 Å². The summed E-state index contributed by atoms with van der Waals surface area (Å²) in [5, 5.41) is 0. The first-order valence-electron chi connectivity index (χ1n) is 19.8. The number of nitrogens with zero attached hydrogens (tertiary/aromatic N) is 2. The number of hydrogen-bond acceptors (Lipinski definition) is 2. The van der Waals surface area contributed by atoms with Crippen LogP contribution in [0.2, 0.25) is 0 Å². The van der Waals surface area contributed by atoms with Crippen molar-refractivity contribution in [3.63, 3.8) is 0 Å². The summed E-state index contributed by atoms with van der Waals surface area (Å²) < 4.78 is 0. The third-order valence-electron chi connectivity index (χ3n) is 10.8. The van der Waals surface area contributed by atoms with Gasteiger partial charge in [-0.1, -0.05) is 170 Å². The monoisotopic (exact) mass is 732 g/mol. The molecule has 274 valence electrons. The van der Waals surface area contributed by atoms with Gasteiger partial charge in [0.05, 0.1) is 0 Å². The minimum absolute atomic E-state index is 0.296. The Hall–Kier alpha value is -7.16. The van der Waals surface area contributed by atoms with E-state index >= 15 is 0 Å². The van der Waals surface area contributed by atoms with Crippen LogP contribution in [0.15, 0.2) is 242 Å². The summed E-state index contributed by atoms with van der Waals surface area (Å²) in [7, 11) is 0. The highest BCUT2D eigenvalue weighted by atomic mass is 15.1. The second-order valence-electron chi connectivity index (χ2n) is 14.6. The fourth-order valence-electron chi connectivity index (χ4n) is 7.82. The molecule has 0 aliphatic heterocycles. The Balaban J connectivity index is 0.927. The molecular formula is C55H44N2. The molecule has 0 radical (unpaired) electrons. The third kappa shape index (κ3) is 8.12. The summed E-state index contributed by atoms with van der Waals surface area (Å²) >= 11 is 0. The first kappa shape index (κ1) is 35.5. The fraction of sp³-hybridized carbons (Fsp3) is 0.0545. The molecule has 0 N–H and O–H groups in total. The van der Waals surface area contributed by atoms with Crippen LogP contribution in [0.1, 0.15) is 29.0 Å². The summed E-state index contributed by atoms with van der Waals surface area (Å²) in [6.45, 7) is 0. The quantitative estimate of drug-likeness (QED) is 0.131. The van der Waals surface area contributed by atoms with Gasteiger partial charge in [-0.2, -0.15) is 0 Å². The van der Waals surface area contributed by atoms with Crippen molar-refractivity contribution < 1.29 is 0 Å². The summed E-state index contributed by atoms with van der Waals surface area (Å²) in [5.74, 6) is 0.296. The number of hydrogen-bond donors (Lipinski definition) is 0. The minimum atomic E-state index is 0.296. The van der Waals surface area contributed by atoms with E-state index in [-0.39, 0.29) is 0 Å². The van der Waals surface area contributed by atoms with Crippen molar-refractivity contribution in [1.29, 1.82) is 0 Å². The van der Waals surface area contributed by atoms with Crippen molar-refractivity contribution in [1.82, 2.24) is 0 Å². The molecule has 0 fully saturated rings. The maximum Gasteiger partial charge on any atom is 0.0462 e. The van der Waals surface area contributed by atoms with E-state index in [1.54, 1.807) is 0 Å². The Bertz CT molecular complexity index is 2560. The Morgan fingerprint density at radius 1 is 0.351 bits per heavy atom. The molecule has 8 aromatic carbocycles. The summed E-state index contributed by atoms with van der Waals surface area (Å²) in [5.41, 5.74) is 15.7. The standard InChI is InChI=1S/C55H44N2/c1-5-13-42(14-6-1)41-43-21-23-45(24-22-43)47-27-35-53(36-28-47)57(51-19-11-4-12-20-51)55-39-31-49(32-40-55)48-29-37-54(38-30-48)56(50-17-9-3-10-18-50)52-33-25-46(26-34-52)44-15-7-2-8-16-44/h1-29,31-40,48H,30,41H2. The molecular weight excluding hydrogens is 689 g/mol. The van der Waals surface area contributed by atoms with Gasteiger partial charge in [0.1, 0.15) is 0 Å².